The Morgan fingerprint density at radius 3 is 3.17 bits per heavy atom. The fourth-order valence-electron chi connectivity index (χ4n) is 1.74. The number of benzene rings is 1. The first-order valence-electron chi connectivity index (χ1n) is 5.69. The van der Waals surface area contributed by atoms with Crippen LogP contribution in [-0.4, -0.2) is 35.9 Å². The summed E-state index contributed by atoms with van der Waals surface area (Å²) in [6, 6.07) is 5.61. The van der Waals surface area contributed by atoms with Crippen LogP contribution in [0.4, 0.5) is 5.69 Å². The van der Waals surface area contributed by atoms with Gasteiger partial charge >= 0.3 is 0 Å². The first-order valence-corrected chi connectivity index (χ1v) is 5.69. The number of H-pyrrole nitrogens is 1. The molecule has 1 heterocycles. The SMILES string of the molecule is COC(CN)CC(=O)Nc1cccc2cn[nH]c12. The van der Waals surface area contributed by atoms with E-state index >= 15 is 0 Å². The Balaban J connectivity index is 2.09. The second-order valence-corrected chi connectivity index (χ2v) is 3.99. The molecule has 1 aromatic carbocycles. The maximum Gasteiger partial charge on any atom is 0.227 e. The second-order valence-electron chi connectivity index (χ2n) is 3.99. The third-order valence-corrected chi connectivity index (χ3v) is 2.76. The Hall–Kier alpha value is -1.92. The molecule has 0 fully saturated rings. The summed E-state index contributed by atoms with van der Waals surface area (Å²) in [6.07, 6.45) is 1.69. The van der Waals surface area contributed by atoms with Gasteiger partial charge in [0.1, 0.15) is 0 Å². The summed E-state index contributed by atoms with van der Waals surface area (Å²) in [7, 11) is 1.54. The highest BCUT2D eigenvalue weighted by molar-refractivity contribution is 6.00. The summed E-state index contributed by atoms with van der Waals surface area (Å²) in [5, 5.41) is 10.6. The molecular weight excluding hydrogens is 232 g/mol. The molecule has 1 atom stereocenters. The van der Waals surface area contributed by atoms with Crippen molar-refractivity contribution in [2.45, 2.75) is 12.5 Å². The number of aromatic nitrogens is 2. The highest BCUT2D eigenvalue weighted by Gasteiger charge is 2.12. The number of nitrogens with two attached hydrogens (primary N) is 1. The van der Waals surface area contributed by atoms with Crippen molar-refractivity contribution < 1.29 is 9.53 Å². The van der Waals surface area contributed by atoms with Gasteiger partial charge in [0.2, 0.25) is 5.91 Å². The normalized spacial score (nSPS) is 12.6. The van der Waals surface area contributed by atoms with Crippen molar-refractivity contribution in [3.8, 4) is 0 Å². The van der Waals surface area contributed by atoms with E-state index in [-0.39, 0.29) is 18.4 Å². The third-order valence-electron chi connectivity index (χ3n) is 2.76. The van der Waals surface area contributed by atoms with Crippen LogP contribution in [0.2, 0.25) is 0 Å². The smallest absolute Gasteiger partial charge is 0.227 e. The van der Waals surface area contributed by atoms with Gasteiger partial charge in [-0.25, -0.2) is 0 Å². The molecule has 6 heteroatoms. The minimum absolute atomic E-state index is 0.130. The van der Waals surface area contributed by atoms with Gasteiger partial charge in [-0.05, 0) is 6.07 Å². The van der Waals surface area contributed by atoms with Gasteiger partial charge < -0.3 is 15.8 Å². The number of para-hydroxylation sites is 1. The number of aromatic amines is 1. The average molecular weight is 248 g/mol. The number of rotatable bonds is 5. The van der Waals surface area contributed by atoms with E-state index in [0.29, 0.717) is 12.2 Å². The van der Waals surface area contributed by atoms with Gasteiger partial charge in [0.05, 0.1) is 29.9 Å². The summed E-state index contributed by atoms with van der Waals surface area (Å²) < 4.78 is 5.07. The number of anilines is 1. The zero-order chi connectivity index (χ0) is 13.0. The quantitative estimate of drug-likeness (QED) is 0.731. The first kappa shape index (κ1) is 12.5. The van der Waals surface area contributed by atoms with E-state index in [1.54, 1.807) is 13.3 Å². The largest absolute Gasteiger partial charge is 0.380 e. The number of carbonyl (C=O) groups is 1. The molecule has 2 aromatic rings. The van der Waals surface area contributed by atoms with Crippen molar-refractivity contribution in [2.75, 3.05) is 19.0 Å². The molecule has 6 nitrogen and oxygen atoms in total. The highest BCUT2D eigenvalue weighted by atomic mass is 16.5. The molecule has 0 aliphatic carbocycles. The molecule has 1 aromatic heterocycles. The minimum atomic E-state index is -0.258. The summed E-state index contributed by atoms with van der Waals surface area (Å²) in [5.41, 5.74) is 7.00. The van der Waals surface area contributed by atoms with Crippen LogP contribution in [0.1, 0.15) is 6.42 Å². The van der Waals surface area contributed by atoms with E-state index in [1.165, 1.54) is 0 Å². The van der Waals surface area contributed by atoms with Crippen molar-refractivity contribution in [3.63, 3.8) is 0 Å². The van der Waals surface area contributed by atoms with E-state index in [1.807, 2.05) is 18.2 Å². The summed E-state index contributed by atoms with van der Waals surface area (Å²) >= 11 is 0. The number of methoxy groups -OCH3 is 1. The van der Waals surface area contributed by atoms with Gasteiger partial charge in [0.15, 0.2) is 0 Å². The average Bonchev–Trinajstić information content (AvgIpc) is 2.85. The van der Waals surface area contributed by atoms with Gasteiger partial charge in [-0.15, -0.1) is 0 Å². The molecule has 0 saturated carbocycles. The van der Waals surface area contributed by atoms with Crippen LogP contribution in [-0.2, 0) is 9.53 Å². The van der Waals surface area contributed by atoms with Crippen molar-refractivity contribution in [3.05, 3.63) is 24.4 Å². The van der Waals surface area contributed by atoms with E-state index in [4.69, 9.17) is 10.5 Å². The molecule has 0 spiro atoms. The molecule has 1 unspecified atom stereocenters. The zero-order valence-electron chi connectivity index (χ0n) is 10.1. The van der Waals surface area contributed by atoms with Gasteiger partial charge in [-0.1, -0.05) is 12.1 Å². The number of hydrogen-bond acceptors (Lipinski definition) is 4. The third kappa shape index (κ3) is 2.66. The molecule has 96 valence electrons. The van der Waals surface area contributed by atoms with Crippen molar-refractivity contribution >= 4 is 22.5 Å². The molecule has 1 amide bonds. The van der Waals surface area contributed by atoms with E-state index < -0.39 is 0 Å². The number of nitrogens with one attached hydrogen (secondary N) is 2. The van der Waals surface area contributed by atoms with Crippen LogP contribution in [0.15, 0.2) is 24.4 Å². The molecule has 18 heavy (non-hydrogen) atoms. The van der Waals surface area contributed by atoms with Gasteiger partial charge in [0, 0.05) is 19.0 Å². The van der Waals surface area contributed by atoms with E-state index in [0.717, 1.165) is 10.9 Å². The maximum atomic E-state index is 11.8. The molecule has 0 saturated heterocycles. The highest BCUT2D eigenvalue weighted by Crippen LogP contribution is 2.20. The predicted octanol–water partition coefficient (Wildman–Crippen LogP) is 0.865. The summed E-state index contributed by atoms with van der Waals surface area (Å²) in [5.74, 6) is -0.130. The summed E-state index contributed by atoms with van der Waals surface area (Å²) in [4.78, 5) is 11.8. The minimum Gasteiger partial charge on any atom is -0.380 e. The van der Waals surface area contributed by atoms with E-state index in [2.05, 4.69) is 15.5 Å². The van der Waals surface area contributed by atoms with Gasteiger partial charge in [0.25, 0.3) is 0 Å². The zero-order valence-corrected chi connectivity index (χ0v) is 10.1. The second kappa shape index (κ2) is 5.61. The van der Waals surface area contributed by atoms with Crippen LogP contribution < -0.4 is 11.1 Å². The van der Waals surface area contributed by atoms with Crippen LogP contribution in [0.5, 0.6) is 0 Å². The fraction of sp³-hybridized carbons (Fsp3) is 0.333. The van der Waals surface area contributed by atoms with Gasteiger partial charge in [-0.2, -0.15) is 5.10 Å². The lowest BCUT2D eigenvalue weighted by Gasteiger charge is -2.12. The number of fused-ring (bicyclic) bond motifs is 1. The molecular formula is C12H16N4O2. The number of carbonyl (C=O) groups excluding carboxylic acids is 1. The lowest BCUT2D eigenvalue weighted by Crippen LogP contribution is -2.28. The lowest BCUT2D eigenvalue weighted by molar-refractivity contribution is -0.118. The topological polar surface area (TPSA) is 93.0 Å². The number of hydrogen-bond donors (Lipinski definition) is 3. The number of amides is 1. The Bertz CT molecular complexity index is 534. The molecule has 0 aliphatic heterocycles. The molecule has 0 bridgehead atoms. The molecule has 4 N–H and O–H groups in total. The van der Waals surface area contributed by atoms with Crippen molar-refractivity contribution in [1.82, 2.24) is 10.2 Å². The maximum absolute atomic E-state index is 11.8. The molecule has 2 rings (SSSR count). The fourth-order valence-corrected chi connectivity index (χ4v) is 1.74. The van der Waals surface area contributed by atoms with Crippen molar-refractivity contribution in [1.29, 1.82) is 0 Å². The lowest BCUT2D eigenvalue weighted by atomic mass is 10.2. The van der Waals surface area contributed by atoms with Crippen LogP contribution in [0.3, 0.4) is 0 Å². The standard InChI is InChI=1S/C12H16N4O2/c1-18-9(6-13)5-11(17)15-10-4-2-3-8-7-14-16-12(8)10/h2-4,7,9H,5-6,13H2,1H3,(H,14,16)(H,15,17). The molecule has 0 radical (unpaired) electrons. The Morgan fingerprint density at radius 2 is 2.44 bits per heavy atom. The Morgan fingerprint density at radius 1 is 1.61 bits per heavy atom. The van der Waals surface area contributed by atoms with Crippen LogP contribution >= 0.6 is 0 Å². The number of nitrogens with zero attached hydrogens (tertiary/aromatic N) is 1. The predicted molar refractivity (Wildman–Crippen MR) is 69.2 cm³/mol. The molecule has 0 aliphatic rings. The van der Waals surface area contributed by atoms with Crippen LogP contribution in [0, 0.1) is 0 Å². The van der Waals surface area contributed by atoms with E-state index in [9.17, 15) is 4.79 Å². The Labute approximate surface area is 104 Å². The summed E-state index contributed by atoms with van der Waals surface area (Å²) in [6.45, 7) is 0.318. The Kier molecular flexibility index (Phi) is 3.91. The number of ether oxygens (including phenoxy) is 1. The monoisotopic (exact) mass is 248 g/mol. The van der Waals surface area contributed by atoms with Crippen molar-refractivity contribution in [2.24, 2.45) is 5.73 Å². The first-order chi connectivity index (χ1) is 8.74. The van der Waals surface area contributed by atoms with Gasteiger partial charge in [-0.3, -0.25) is 9.89 Å². The van der Waals surface area contributed by atoms with Crippen LogP contribution in [0.25, 0.3) is 10.9 Å².